The lowest BCUT2D eigenvalue weighted by Crippen LogP contribution is -2.14. The van der Waals surface area contributed by atoms with E-state index in [0.717, 1.165) is 5.56 Å². The van der Waals surface area contributed by atoms with Gasteiger partial charge in [0.1, 0.15) is 17.3 Å². The molecule has 9 heteroatoms. The maximum absolute atomic E-state index is 13.2. The molecule has 30 heavy (non-hydrogen) atoms. The molecule has 0 aliphatic carbocycles. The van der Waals surface area contributed by atoms with Gasteiger partial charge in [0, 0.05) is 29.7 Å². The van der Waals surface area contributed by atoms with Gasteiger partial charge in [0.05, 0.1) is 5.75 Å². The molecule has 0 unspecified atom stereocenters. The van der Waals surface area contributed by atoms with E-state index in [4.69, 9.17) is 4.74 Å². The number of ether oxygens (including phenoxy) is 1. The maximum Gasteiger partial charge on any atom is 0.234 e. The minimum absolute atomic E-state index is 0.159. The average molecular weight is 420 g/mol. The number of benzene rings is 2. The number of carbonyl (C=O) groups is 1. The molecule has 1 amide bonds. The predicted molar refractivity (Wildman–Crippen MR) is 112 cm³/mol. The van der Waals surface area contributed by atoms with Crippen LogP contribution >= 0.6 is 11.8 Å². The number of rotatable bonds is 7. The van der Waals surface area contributed by atoms with Crippen molar-refractivity contribution < 1.29 is 13.9 Å². The number of nitrogens with zero attached hydrogens (tertiary/aromatic N) is 3. The van der Waals surface area contributed by atoms with E-state index in [9.17, 15) is 9.18 Å². The van der Waals surface area contributed by atoms with Crippen LogP contribution in [0.3, 0.4) is 0 Å². The number of hydrogen-bond donors (Lipinski definition) is 2. The summed E-state index contributed by atoms with van der Waals surface area (Å²) in [7, 11) is 0. The van der Waals surface area contributed by atoms with E-state index in [2.05, 4.69) is 25.5 Å². The molecule has 0 radical (unpaired) electrons. The first-order valence-corrected chi connectivity index (χ1v) is 9.93. The van der Waals surface area contributed by atoms with Crippen molar-refractivity contribution in [2.75, 3.05) is 11.1 Å². The summed E-state index contributed by atoms with van der Waals surface area (Å²) >= 11 is 1.22. The molecule has 4 aromatic rings. The van der Waals surface area contributed by atoms with Crippen molar-refractivity contribution in [1.29, 1.82) is 0 Å². The maximum atomic E-state index is 13.2. The third kappa shape index (κ3) is 5.21. The third-order valence-corrected chi connectivity index (χ3v) is 4.75. The number of H-pyrrole nitrogens is 1. The quantitative estimate of drug-likeness (QED) is 0.427. The van der Waals surface area contributed by atoms with Gasteiger partial charge in [-0.3, -0.25) is 14.9 Å². The molecule has 2 aromatic heterocycles. The van der Waals surface area contributed by atoms with Crippen molar-refractivity contribution >= 4 is 23.4 Å². The Labute approximate surface area is 175 Å². The van der Waals surface area contributed by atoms with Crippen molar-refractivity contribution in [2.45, 2.75) is 5.16 Å². The zero-order valence-corrected chi connectivity index (χ0v) is 16.4. The summed E-state index contributed by atoms with van der Waals surface area (Å²) < 4.78 is 18.8. The number of carbonyl (C=O) groups excluding carboxylic acids is 1. The second kappa shape index (κ2) is 9.19. The molecule has 0 saturated carbocycles. The Morgan fingerprint density at radius 1 is 1.10 bits per heavy atom. The monoisotopic (exact) mass is 420 g/mol. The fraction of sp³-hybridized carbons (Fsp3) is 0.0476. The first-order valence-electron chi connectivity index (χ1n) is 8.95. The first kappa shape index (κ1) is 19.6. The number of aromatic nitrogens is 4. The highest BCUT2D eigenvalue weighted by Crippen LogP contribution is 2.24. The van der Waals surface area contributed by atoms with Crippen molar-refractivity contribution in [1.82, 2.24) is 20.2 Å². The van der Waals surface area contributed by atoms with Crippen LogP contribution < -0.4 is 10.1 Å². The van der Waals surface area contributed by atoms with Gasteiger partial charge in [-0.15, -0.1) is 5.10 Å². The molecule has 0 fully saturated rings. The van der Waals surface area contributed by atoms with Gasteiger partial charge in [-0.25, -0.2) is 9.37 Å². The van der Waals surface area contributed by atoms with Gasteiger partial charge in [-0.2, -0.15) is 0 Å². The van der Waals surface area contributed by atoms with E-state index >= 15 is 0 Å². The second-order valence-corrected chi connectivity index (χ2v) is 7.07. The Bertz CT molecular complexity index is 1140. The summed E-state index contributed by atoms with van der Waals surface area (Å²) in [5.41, 5.74) is 1.44. The molecular formula is C21H16FN5O2S. The lowest BCUT2D eigenvalue weighted by atomic mass is 10.3. The van der Waals surface area contributed by atoms with E-state index in [0.29, 0.717) is 28.2 Å². The van der Waals surface area contributed by atoms with Crippen LogP contribution in [0.4, 0.5) is 10.1 Å². The van der Waals surface area contributed by atoms with Gasteiger partial charge in [-0.1, -0.05) is 17.8 Å². The summed E-state index contributed by atoms with van der Waals surface area (Å²) in [5, 5.41) is 10.2. The van der Waals surface area contributed by atoms with Crippen LogP contribution in [-0.4, -0.2) is 31.8 Å². The van der Waals surface area contributed by atoms with Crippen LogP contribution in [0.15, 0.2) is 78.2 Å². The van der Waals surface area contributed by atoms with Gasteiger partial charge in [0.25, 0.3) is 0 Å². The topological polar surface area (TPSA) is 92.8 Å². The number of aromatic amines is 1. The largest absolute Gasteiger partial charge is 0.457 e. The zero-order valence-electron chi connectivity index (χ0n) is 15.6. The SMILES string of the molecule is O=C(CSc1n[nH]c(-c2cccnc2)n1)Nc1ccc(Oc2cccc([18F])c2)cc1. The smallest absolute Gasteiger partial charge is 0.234 e. The van der Waals surface area contributed by atoms with E-state index in [1.165, 1.54) is 23.9 Å². The molecule has 0 aliphatic rings. The lowest BCUT2D eigenvalue weighted by molar-refractivity contribution is -0.113. The van der Waals surface area contributed by atoms with Crippen LogP contribution in [0.5, 0.6) is 11.5 Å². The lowest BCUT2D eigenvalue weighted by Gasteiger charge is -2.08. The highest BCUT2D eigenvalue weighted by molar-refractivity contribution is 7.99. The summed E-state index contributed by atoms with van der Waals surface area (Å²) in [5.74, 6) is 1.14. The van der Waals surface area contributed by atoms with Gasteiger partial charge in [0.15, 0.2) is 5.82 Å². The molecule has 0 aliphatic heterocycles. The predicted octanol–water partition coefficient (Wildman–Crippen LogP) is 4.53. The summed E-state index contributed by atoms with van der Waals surface area (Å²) in [4.78, 5) is 20.6. The zero-order chi connectivity index (χ0) is 20.8. The fourth-order valence-electron chi connectivity index (χ4n) is 2.54. The Balaban J connectivity index is 1.28. The molecule has 2 aromatic carbocycles. The minimum atomic E-state index is -0.368. The van der Waals surface area contributed by atoms with E-state index < -0.39 is 0 Å². The van der Waals surface area contributed by atoms with Crippen LogP contribution in [0.25, 0.3) is 11.4 Å². The number of hydrogen-bond acceptors (Lipinski definition) is 6. The normalized spacial score (nSPS) is 10.6. The van der Waals surface area contributed by atoms with Gasteiger partial charge < -0.3 is 10.1 Å². The van der Waals surface area contributed by atoms with Crippen molar-refractivity contribution in [3.8, 4) is 22.9 Å². The number of nitrogens with one attached hydrogen (secondary N) is 2. The number of pyridine rings is 1. The minimum Gasteiger partial charge on any atom is -0.457 e. The standard InChI is InChI=1S/C21H16FN5O2S/c22-15-4-1-5-18(11-15)29-17-8-6-16(7-9-17)24-19(28)13-30-21-25-20(26-27-21)14-3-2-10-23-12-14/h1-12H,13H2,(H,24,28)(H,25,26,27)/i22-1. The summed E-state index contributed by atoms with van der Waals surface area (Å²) in [6.07, 6.45) is 3.36. The fourth-order valence-corrected chi connectivity index (χ4v) is 3.14. The molecule has 2 heterocycles. The molecule has 2 N–H and O–H groups in total. The van der Waals surface area contributed by atoms with Crippen LogP contribution in [0.1, 0.15) is 0 Å². The molecule has 0 atom stereocenters. The molecule has 4 rings (SSSR count). The van der Waals surface area contributed by atoms with Crippen LogP contribution in [-0.2, 0) is 4.79 Å². The van der Waals surface area contributed by atoms with Gasteiger partial charge >= 0.3 is 0 Å². The molecular weight excluding hydrogens is 404 g/mol. The first-order chi connectivity index (χ1) is 14.7. The Morgan fingerprint density at radius 3 is 2.73 bits per heavy atom. The van der Waals surface area contributed by atoms with E-state index in [1.54, 1.807) is 48.8 Å². The molecule has 0 bridgehead atoms. The van der Waals surface area contributed by atoms with Crippen molar-refractivity contribution in [3.63, 3.8) is 0 Å². The number of anilines is 1. The highest BCUT2D eigenvalue weighted by atomic mass is 32.2. The highest BCUT2D eigenvalue weighted by Gasteiger charge is 2.09. The second-order valence-electron chi connectivity index (χ2n) is 6.13. The third-order valence-electron chi connectivity index (χ3n) is 3.90. The van der Waals surface area contributed by atoms with Crippen LogP contribution in [0.2, 0.25) is 0 Å². The molecule has 7 nitrogen and oxygen atoms in total. The molecule has 150 valence electrons. The van der Waals surface area contributed by atoms with Gasteiger partial charge in [0.2, 0.25) is 11.1 Å². The Morgan fingerprint density at radius 2 is 1.97 bits per heavy atom. The Hall–Kier alpha value is -3.72. The van der Waals surface area contributed by atoms with Crippen LogP contribution in [0, 0.1) is 5.82 Å². The average Bonchev–Trinajstić information content (AvgIpc) is 3.24. The molecule has 0 saturated heterocycles. The summed E-state index contributed by atoms with van der Waals surface area (Å²) in [6.45, 7) is 0. The number of amides is 1. The van der Waals surface area contributed by atoms with Gasteiger partial charge in [-0.05, 0) is 48.5 Å². The summed E-state index contributed by atoms with van der Waals surface area (Å²) in [6, 6.07) is 16.4. The Kier molecular flexibility index (Phi) is 6.00. The van der Waals surface area contributed by atoms with E-state index in [1.807, 2.05) is 12.1 Å². The molecule has 0 spiro atoms. The van der Waals surface area contributed by atoms with E-state index in [-0.39, 0.29) is 17.5 Å². The van der Waals surface area contributed by atoms with Crippen molar-refractivity contribution in [2.24, 2.45) is 0 Å². The number of halogens is 1. The number of thioether (sulfide) groups is 1. The van der Waals surface area contributed by atoms with Crippen molar-refractivity contribution in [3.05, 3.63) is 78.9 Å².